The lowest BCUT2D eigenvalue weighted by molar-refractivity contribution is -0.115. The van der Waals surface area contributed by atoms with Gasteiger partial charge in [-0.25, -0.2) is 0 Å². The quantitative estimate of drug-likeness (QED) is 0.445. The molecule has 1 aromatic heterocycles. The fourth-order valence-electron chi connectivity index (χ4n) is 2.48. The van der Waals surface area contributed by atoms with Crippen molar-refractivity contribution in [1.29, 1.82) is 0 Å². The Morgan fingerprint density at radius 3 is 2.74 bits per heavy atom. The molecule has 7 heteroatoms. The number of amides is 1. The van der Waals surface area contributed by atoms with Crippen molar-refractivity contribution in [3.8, 4) is 0 Å². The fourth-order valence-corrected chi connectivity index (χ4v) is 3.16. The SMILES string of the molecule is Cc1ccc2c(NC(=S)NC(=O)/C=C/c3ccc(Cl)cc3Cl)cccc2n1. The van der Waals surface area contributed by atoms with Crippen LogP contribution in [-0.4, -0.2) is 16.0 Å². The van der Waals surface area contributed by atoms with Crippen molar-refractivity contribution in [3.05, 3.63) is 75.9 Å². The van der Waals surface area contributed by atoms with Crippen LogP contribution in [0.25, 0.3) is 17.0 Å². The van der Waals surface area contributed by atoms with Gasteiger partial charge < -0.3 is 5.32 Å². The summed E-state index contributed by atoms with van der Waals surface area (Å²) in [5.74, 6) is -0.368. The summed E-state index contributed by atoms with van der Waals surface area (Å²) in [5.41, 5.74) is 3.24. The number of halogens is 2. The summed E-state index contributed by atoms with van der Waals surface area (Å²) in [7, 11) is 0. The minimum absolute atomic E-state index is 0.194. The first-order valence-electron chi connectivity index (χ1n) is 8.04. The van der Waals surface area contributed by atoms with Crippen molar-refractivity contribution in [1.82, 2.24) is 10.3 Å². The van der Waals surface area contributed by atoms with Gasteiger partial charge in [-0.15, -0.1) is 0 Å². The molecule has 0 spiro atoms. The highest BCUT2D eigenvalue weighted by atomic mass is 35.5. The van der Waals surface area contributed by atoms with Crippen LogP contribution in [0.1, 0.15) is 11.3 Å². The van der Waals surface area contributed by atoms with Crippen molar-refractivity contribution in [2.24, 2.45) is 0 Å². The van der Waals surface area contributed by atoms with Gasteiger partial charge >= 0.3 is 0 Å². The number of pyridine rings is 1. The van der Waals surface area contributed by atoms with E-state index in [0.717, 1.165) is 22.3 Å². The topological polar surface area (TPSA) is 54.0 Å². The number of hydrogen-bond acceptors (Lipinski definition) is 3. The standard InChI is InChI=1S/C20H15Cl2N3OS/c1-12-5-9-15-17(23-12)3-2-4-18(15)24-20(27)25-19(26)10-7-13-6-8-14(21)11-16(13)22/h2-11H,1H3,(H2,24,25,26,27)/b10-7+. The van der Waals surface area contributed by atoms with E-state index in [1.165, 1.54) is 6.08 Å². The van der Waals surface area contributed by atoms with Gasteiger partial charge in [0.05, 0.1) is 5.52 Å². The summed E-state index contributed by atoms with van der Waals surface area (Å²) in [6.07, 6.45) is 2.96. The van der Waals surface area contributed by atoms with Crippen LogP contribution >= 0.6 is 35.4 Å². The smallest absolute Gasteiger partial charge is 0.250 e. The van der Waals surface area contributed by atoms with E-state index in [1.54, 1.807) is 24.3 Å². The lowest BCUT2D eigenvalue weighted by atomic mass is 10.1. The molecule has 2 aromatic carbocycles. The molecular weight excluding hydrogens is 401 g/mol. The fraction of sp³-hybridized carbons (Fsp3) is 0.0500. The van der Waals surface area contributed by atoms with E-state index < -0.39 is 0 Å². The normalized spacial score (nSPS) is 10.9. The predicted octanol–water partition coefficient (Wildman–Crippen LogP) is 5.38. The lowest BCUT2D eigenvalue weighted by Gasteiger charge is -2.11. The predicted molar refractivity (Wildman–Crippen MR) is 116 cm³/mol. The summed E-state index contributed by atoms with van der Waals surface area (Å²) in [6.45, 7) is 1.93. The summed E-state index contributed by atoms with van der Waals surface area (Å²) in [6, 6.07) is 14.6. The van der Waals surface area contributed by atoms with Crippen LogP contribution in [0, 0.1) is 6.92 Å². The Bertz CT molecular complexity index is 1070. The van der Waals surface area contributed by atoms with Gasteiger partial charge in [-0.3, -0.25) is 15.1 Å². The number of benzene rings is 2. The minimum Gasteiger partial charge on any atom is -0.332 e. The first-order chi connectivity index (χ1) is 12.9. The second-order valence-corrected chi connectivity index (χ2v) is 7.02. The molecule has 1 amide bonds. The van der Waals surface area contributed by atoms with Crippen LogP contribution in [0.3, 0.4) is 0 Å². The van der Waals surface area contributed by atoms with Crippen molar-refractivity contribution >= 4 is 69.1 Å². The molecule has 27 heavy (non-hydrogen) atoms. The Kier molecular flexibility index (Phi) is 6.06. The number of hydrogen-bond donors (Lipinski definition) is 2. The minimum atomic E-state index is -0.368. The van der Waals surface area contributed by atoms with Gasteiger partial charge in [0, 0.05) is 32.9 Å². The first-order valence-corrected chi connectivity index (χ1v) is 9.20. The van der Waals surface area contributed by atoms with Crippen LogP contribution < -0.4 is 10.6 Å². The molecule has 0 atom stereocenters. The van der Waals surface area contributed by atoms with Gasteiger partial charge in [-0.05, 0) is 67.2 Å². The number of rotatable bonds is 3. The molecule has 0 aliphatic heterocycles. The van der Waals surface area contributed by atoms with Crippen molar-refractivity contribution < 1.29 is 4.79 Å². The molecule has 0 radical (unpaired) electrons. The molecule has 0 unspecified atom stereocenters. The largest absolute Gasteiger partial charge is 0.332 e. The average molecular weight is 416 g/mol. The van der Waals surface area contributed by atoms with Crippen molar-refractivity contribution in [2.45, 2.75) is 6.92 Å². The number of thiocarbonyl (C=S) groups is 1. The van der Waals surface area contributed by atoms with E-state index in [1.807, 2.05) is 37.3 Å². The summed E-state index contributed by atoms with van der Waals surface area (Å²) >= 11 is 17.2. The third-order valence-electron chi connectivity index (χ3n) is 3.73. The van der Waals surface area contributed by atoms with Crippen LogP contribution in [0.2, 0.25) is 10.0 Å². The number of nitrogens with one attached hydrogen (secondary N) is 2. The maximum atomic E-state index is 12.1. The highest BCUT2D eigenvalue weighted by Crippen LogP contribution is 2.23. The third kappa shape index (κ3) is 5.04. The number of aromatic nitrogens is 1. The zero-order chi connectivity index (χ0) is 19.4. The molecule has 0 aliphatic rings. The zero-order valence-electron chi connectivity index (χ0n) is 14.3. The maximum Gasteiger partial charge on any atom is 0.250 e. The molecule has 4 nitrogen and oxygen atoms in total. The van der Waals surface area contributed by atoms with Crippen molar-refractivity contribution in [2.75, 3.05) is 5.32 Å². The molecular formula is C20H15Cl2N3OS. The summed E-state index contributed by atoms with van der Waals surface area (Å²) in [5, 5.41) is 7.76. The van der Waals surface area contributed by atoms with Gasteiger partial charge in [0.1, 0.15) is 0 Å². The highest BCUT2D eigenvalue weighted by molar-refractivity contribution is 7.80. The van der Waals surface area contributed by atoms with Crippen LogP contribution in [-0.2, 0) is 4.79 Å². The van der Waals surface area contributed by atoms with Crippen molar-refractivity contribution in [3.63, 3.8) is 0 Å². The van der Waals surface area contributed by atoms with E-state index in [4.69, 9.17) is 35.4 Å². The van der Waals surface area contributed by atoms with Gasteiger partial charge in [0.15, 0.2) is 5.11 Å². The van der Waals surface area contributed by atoms with Crippen LogP contribution in [0.15, 0.2) is 54.6 Å². The molecule has 0 bridgehead atoms. The molecule has 1 heterocycles. The second kappa shape index (κ2) is 8.48. The first kappa shape index (κ1) is 19.3. The maximum absolute atomic E-state index is 12.1. The summed E-state index contributed by atoms with van der Waals surface area (Å²) in [4.78, 5) is 16.6. The molecule has 2 N–H and O–H groups in total. The lowest BCUT2D eigenvalue weighted by Crippen LogP contribution is -2.32. The Hall–Kier alpha value is -2.47. The number of nitrogens with zero attached hydrogens (tertiary/aromatic N) is 1. The Morgan fingerprint density at radius 2 is 1.96 bits per heavy atom. The highest BCUT2D eigenvalue weighted by Gasteiger charge is 2.06. The molecule has 0 saturated heterocycles. The molecule has 136 valence electrons. The molecule has 0 aliphatic carbocycles. The van der Waals surface area contributed by atoms with E-state index in [0.29, 0.717) is 15.6 Å². The Balaban J connectivity index is 1.67. The molecule has 3 rings (SSSR count). The molecule has 3 aromatic rings. The number of aryl methyl sites for hydroxylation is 1. The number of carbonyl (C=O) groups excluding carboxylic acids is 1. The van der Waals surface area contributed by atoms with Gasteiger partial charge in [-0.1, -0.05) is 35.3 Å². The third-order valence-corrected chi connectivity index (χ3v) is 4.50. The molecule has 0 saturated carbocycles. The second-order valence-electron chi connectivity index (χ2n) is 5.77. The monoisotopic (exact) mass is 415 g/mol. The number of carbonyl (C=O) groups is 1. The zero-order valence-corrected chi connectivity index (χ0v) is 16.6. The summed E-state index contributed by atoms with van der Waals surface area (Å²) < 4.78 is 0. The Morgan fingerprint density at radius 1 is 1.15 bits per heavy atom. The average Bonchev–Trinajstić information content (AvgIpc) is 2.60. The van der Waals surface area contributed by atoms with Gasteiger partial charge in [0.25, 0.3) is 0 Å². The molecule has 0 fully saturated rings. The van der Waals surface area contributed by atoms with Gasteiger partial charge in [0.2, 0.25) is 5.91 Å². The van der Waals surface area contributed by atoms with E-state index >= 15 is 0 Å². The van der Waals surface area contributed by atoms with E-state index in [9.17, 15) is 4.79 Å². The van der Waals surface area contributed by atoms with Crippen LogP contribution in [0.4, 0.5) is 5.69 Å². The van der Waals surface area contributed by atoms with Crippen LogP contribution in [0.5, 0.6) is 0 Å². The van der Waals surface area contributed by atoms with E-state index in [2.05, 4.69) is 15.6 Å². The van der Waals surface area contributed by atoms with E-state index in [-0.39, 0.29) is 11.0 Å². The van der Waals surface area contributed by atoms with Gasteiger partial charge in [-0.2, -0.15) is 0 Å². The number of anilines is 1. The number of fused-ring (bicyclic) bond motifs is 1. The Labute approximate surface area is 172 Å².